The van der Waals surface area contributed by atoms with Gasteiger partial charge in [0.25, 0.3) is 0 Å². The fourth-order valence-corrected chi connectivity index (χ4v) is 4.48. The zero-order chi connectivity index (χ0) is 19.9. The average molecular weight is 436 g/mol. The number of imidazole rings is 1. The molecule has 0 radical (unpaired) electrons. The highest BCUT2D eigenvalue weighted by Crippen LogP contribution is 2.27. The van der Waals surface area contributed by atoms with Gasteiger partial charge in [0.2, 0.25) is 5.91 Å². The number of fused-ring (bicyclic) bond motifs is 1. The summed E-state index contributed by atoms with van der Waals surface area (Å²) in [6, 6.07) is 13.5. The number of methoxy groups -OCH3 is 1. The quantitative estimate of drug-likeness (QED) is 0.469. The number of amides is 1. The molecule has 0 spiro atoms. The maximum atomic E-state index is 12.3. The summed E-state index contributed by atoms with van der Waals surface area (Å²) in [5, 5.41) is 4.52. The fraction of sp³-hybridized carbons (Fsp3) is 0.300. The number of para-hydroxylation sites is 1. The average Bonchev–Trinajstić information content (AvgIpc) is 3.03. The largest absolute Gasteiger partial charge is 0.383 e. The normalized spacial score (nSPS) is 11.1. The summed E-state index contributed by atoms with van der Waals surface area (Å²) in [5.74, 6) is 0.633. The molecule has 8 heteroatoms. The fourth-order valence-electron chi connectivity index (χ4n) is 2.79. The van der Waals surface area contributed by atoms with E-state index in [1.165, 1.54) is 0 Å². The van der Waals surface area contributed by atoms with E-state index in [2.05, 4.69) is 14.9 Å². The first-order valence-electron chi connectivity index (χ1n) is 8.82. The summed E-state index contributed by atoms with van der Waals surface area (Å²) in [7, 11) is 1.68. The molecule has 1 N–H and O–H groups in total. The molecule has 0 atom stereocenters. The first kappa shape index (κ1) is 21.0. The summed E-state index contributed by atoms with van der Waals surface area (Å²) in [6.45, 7) is 1.29. The summed E-state index contributed by atoms with van der Waals surface area (Å²) in [4.78, 5) is 18.1. The van der Waals surface area contributed by atoms with Gasteiger partial charge in [-0.3, -0.25) is 4.79 Å². The number of anilines is 1. The van der Waals surface area contributed by atoms with Crippen LogP contribution in [-0.2, 0) is 16.1 Å². The van der Waals surface area contributed by atoms with E-state index in [1.807, 2.05) is 48.7 Å². The zero-order valence-electron chi connectivity index (χ0n) is 15.8. The van der Waals surface area contributed by atoms with Crippen LogP contribution in [0.2, 0.25) is 5.02 Å². The molecule has 28 heavy (non-hydrogen) atoms. The number of ether oxygens (including phenoxy) is 1. The minimum atomic E-state index is -0.00315. The number of carbonyl (C=O) groups is 1. The number of aromatic nitrogens is 2. The van der Waals surface area contributed by atoms with Crippen molar-refractivity contribution in [3.63, 3.8) is 0 Å². The molecule has 0 saturated carbocycles. The number of thioether (sulfide) groups is 2. The van der Waals surface area contributed by atoms with Gasteiger partial charge in [-0.1, -0.05) is 35.5 Å². The van der Waals surface area contributed by atoms with Gasteiger partial charge in [0, 0.05) is 35.7 Å². The van der Waals surface area contributed by atoms with E-state index in [1.54, 1.807) is 30.6 Å². The van der Waals surface area contributed by atoms with Gasteiger partial charge < -0.3 is 14.6 Å². The number of hydrogen-bond acceptors (Lipinski definition) is 5. The second-order valence-electron chi connectivity index (χ2n) is 6.02. The molecule has 0 unspecified atom stereocenters. The van der Waals surface area contributed by atoms with Crippen LogP contribution in [0.5, 0.6) is 0 Å². The van der Waals surface area contributed by atoms with E-state index in [4.69, 9.17) is 16.3 Å². The summed E-state index contributed by atoms with van der Waals surface area (Å²) < 4.78 is 7.34. The molecular weight excluding hydrogens is 414 g/mol. The monoisotopic (exact) mass is 435 g/mol. The molecule has 3 aromatic rings. The number of nitrogens with zero attached hydrogens (tertiary/aromatic N) is 2. The third-order valence-corrected chi connectivity index (χ3v) is 6.14. The van der Waals surface area contributed by atoms with Crippen molar-refractivity contribution < 1.29 is 9.53 Å². The first-order valence-corrected chi connectivity index (χ1v) is 11.4. The van der Waals surface area contributed by atoms with Crippen LogP contribution in [0, 0.1) is 0 Å². The smallest absolute Gasteiger partial charge is 0.225 e. The van der Waals surface area contributed by atoms with E-state index < -0.39 is 0 Å². The second kappa shape index (κ2) is 10.2. The highest BCUT2D eigenvalue weighted by atomic mass is 35.5. The van der Waals surface area contributed by atoms with Crippen LogP contribution in [0.25, 0.3) is 11.0 Å². The number of carbonyl (C=O) groups excluding carboxylic acids is 1. The van der Waals surface area contributed by atoms with Gasteiger partial charge in [0.05, 0.1) is 23.3 Å². The van der Waals surface area contributed by atoms with Crippen molar-refractivity contribution in [3.8, 4) is 0 Å². The van der Waals surface area contributed by atoms with Crippen LogP contribution in [0.15, 0.2) is 52.5 Å². The molecule has 1 aromatic heterocycles. The first-order chi connectivity index (χ1) is 13.6. The Kier molecular flexibility index (Phi) is 7.67. The molecule has 5 nitrogen and oxygen atoms in total. The van der Waals surface area contributed by atoms with Gasteiger partial charge in [0.1, 0.15) is 0 Å². The molecule has 148 valence electrons. The molecular formula is C20H22ClN3O2S2. The van der Waals surface area contributed by atoms with Gasteiger partial charge in [-0.05, 0) is 36.6 Å². The van der Waals surface area contributed by atoms with Crippen LogP contribution < -0.4 is 5.32 Å². The Labute approximate surface area is 178 Å². The van der Waals surface area contributed by atoms with Crippen molar-refractivity contribution in [1.82, 2.24) is 9.55 Å². The predicted octanol–water partition coefficient (Wildman–Crippen LogP) is 5.18. The lowest BCUT2D eigenvalue weighted by molar-refractivity contribution is -0.115. The summed E-state index contributed by atoms with van der Waals surface area (Å²) >= 11 is 9.28. The molecule has 2 aromatic carbocycles. The van der Waals surface area contributed by atoms with Crippen LogP contribution >= 0.6 is 35.1 Å². The van der Waals surface area contributed by atoms with Crippen molar-refractivity contribution >= 4 is 57.8 Å². The summed E-state index contributed by atoms with van der Waals surface area (Å²) in [6.07, 6.45) is 2.40. The van der Waals surface area contributed by atoms with Gasteiger partial charge in [-0.15, -0.1) is 11.8 Å². The van der Waals surface area contributed by atoms with Crippen LogP contribution in [0.3, 0.4) is 0 Å². The standard InChI is InChI=1S/C20H22ClN3O2S2/c1-26-11-10-24-17-8-7-14(21)13-16(17)23-20(24)28-12-9-19(25)22-15-5-3-4-6-18(15)27-2/h3-8,13H,9-12H2,1-2H3,(H,22,25). The van der Waals surface area contributed by atoms with E-state index in [9.17, 15) is 4.79 Å². The van der Waals surface area contributed by atoms with Crippen LogP contribution in [-0.4, -0.2) is 41.2 Å². The molecule has 0 aliphatic carbocycles. The SMILES string of the molecule is COCCn1c(SCCC(=O)Nc2ccccc2SC)nc2cc(Cl)ccc21. The van der Waals surface area contributed by atoms with E-state index in [0.29, 0.717) is 30.3 Å². The highest BCUT2D eigenvalue weighted by molar-refractivity contribution is 7.99. The van der Waals surface area contributed by atoms with Crippen molar-refractivity contribution in [2.24, 2.45) is 0 Å². The van der Waals surface area contributed by atoms with E-state index >= 15 is 0 Å². The lowest BCUT2D eigenvalue weighted by Crippen LogP contribution is -2.13. The third-order valence-electron chi connectivity index (χ3n) is 4.14. The van der Waals surface area contributed by atoms with Gasteiger partial charge >= 0.3 is 0 Å². The van der Waals surface area contributed by atoms with Crippen LogP contribution in [0.1, 0.15) is 6.42 Å². The van der Waals surface area contributed by atoms with Crippen LogP contribution in [0.4, 0.5) is 5.69 Å². The third kappa shape index (κ3) is 5.23. The zero-order valence-corrected chi connectivity index (χ0v) is 18.2. The molecule has 1 amide bonds. The number of hydrogen-bond donors (Lipinski definition) is 1. The number of halogens is 1. The molecule has 1 heterocycles. The highest BCUT2D eigenvalue weighted by Gasteiger charge is 2.13. The molecule has 0 aliphatic rings. The minimum absolute atomic E-state index is 0.00315. The molecule has 0 fully saturated rings. The molecule has 3 rings (SSSR count). The van der Waals surface area contributed by atoms with Crippen molar-refractivity contribution in [2.45, 2.75) is 23.0 Å². The van der Waals surface area contributed by atoms with Crippen molar-refractivity contribution in [2.75, 3.05) is 31.0 Å². The van der Waals surface area contributed by atoms with E-state index in [0.717, 1.165) is 26.8 Å². The summed E-state index contributed by atoms with van der Waals surface area (Å²) in [5.41, 5.74) is 2.72. The number of nitrogens with one attached hydrogen (secondary N) is 1. The van der Waals surface area contributed by atoms with Gasteiger partial charge in [0.15, 0.2) is 5.16 Å². The molecule has 0 aliphatic heterocycles. The van der Waals surface area contributed by atoms with Gasteiger partial charge in [-0.25, -0.2) is 4.98 Å². The molecule has 0 bridgehead atoms. The number of benzene rings is 2. The van der Waals surface area contributed by atoms with Crippen molar-refractivity contribution in [1.29, 1.82) is 0 Å². The molecule has 0 saturated heterocycles. The Bertz CT molecular complexity index is 962. The Balaban J connectivity index is 1.65. The predicted molar refractivity (Wildman–Crippen MR) is 119 cm³/mol. The maximum Gasteiger partial charge on any atom is 0.225 e. The lowest BCUT2D eigenvalue weighted by Gasteiger charge is -2.10. The topological polar surface area (TPSA) is 56.1 Å². The van der Waals surface area contributed by atoms with E-state index in [-0.39, 0.29) is 5.91 Å². The maximum absolute atomic E-state index is 12.3. The Morgan fingerprint density at radius 3 is 2.89 bits per heavy atom. The number of rotatable bonds is 9. The lowest BCUT2D eigenvalue weighted by atomic mass is 10.3. The van der Waals surface area contributed by atoms with Gasteiger partial charge in [-0.2, -0.15) is 0 Å². The second-order valence-corrected chi connectivity index (χ2v) is 8.37. The Hall–Kier alpha value is -1.67. The minimum Gasteiger partial charge on any atom is -0.383 e. The van der Waals surface area contributed by atoms with Crippen molar-refractivity contribution in [3.05, 3.63) is 47.5 Å². The Morgan fingerprint density at radius 1 is 1.29 bits per heavy atom. The Morgan fingerprint density at radius 2 is 2.11 bits per heavy atom.